The van der Waals surface area contributed by atoms with Gasteiger partial charge in [0.1, 0.15) is 11.4 Å². The van der Waals surface area contributed by atoms with Crippen molar-refractivity contribution in [1.82, 2.24) is 9.80 Å². The number of piperidine rings is 1. The number of anilines is 1. The molecule has 188 valence electrons. The minimum atomic E-state index is -0.596. The third kappa shape index (κ3) is 3.80. The molecule has 1 aliphatic carbocycles. The molecule has 2 fully saturated rings. The van der Waals surface area contributed by atoms with Gasteiger partial charge in [0, 0.05) is 36.6 Å². The standard InChI is InChI=1S/C29H33FN4OS/c30-22-8-10-23(11-9-22)34-19-33(15-3-14-31)28(35)29(34)12-16-32(17-13-29)25-18-21-6-1-4-20-5-2-7-24(26(20)21)27(25)36/h1-2,4-11,25,27,36H,3,12-19,31H2/t25-,27?/m0/s1. The molecule has 2 saturated heterocycles. The highest BCUT2D eigenvalue weighted by molar-refractivity contribution is 7.80. The maximum atomic E-state index is 13.8. The van der Waals surface area contributed by atoms with Crippen molar-refractivity contribution in [3.05, 3.63) is 77.6 Å². The largest absolute Gasteiger partial charge is 0.339 e. The first-order valence-electron chi connectivity index (χ1n) is 13.0. The topological polar surface area (TPSA) is 52.8 Å². The molecule has 3 aromatic carbocycles. The summed E-state index contributed by atoms with van der Waals surface area (Å²) in [7, 11) is 0. The second-order valence-corrected chi connectivity index (χ2v) is 11.0. The number of likely N-dealkylation sites (tertiary alicyclic amines) is 1. The Labute approximate surface area is 217 Å². The second kappa shape index (κ2) is 9.36. The first kappa shape index (κ1) is 23.8. The quantitative estimate of drug-likeness (QED) is 0.507. The predicted molar refractivity (Wildman–Crippen MR) is 146 cm³/mol. The van der Waals surface area contributed by atoms with E-state index in [0.29, 0.717) is 19.8 Å². The van der Waals surface area contributed by atoms with E-state index in [1.807, 2.05) is 4.90 Å². The van der Waals surface area contributed by atoms with Crippen LogP contribution in [0.4, 0.5) is 10.1 Å². The van der Waals surface area contributed by atoms with Crippen LogP contribution in [0, 0.1) is 5.82 Å². The lowest BCUT2D eigenvalue weighted by Gasteiger charge is -2.47. The summed E-state index contributed by atoms with van der Waals surface area (Å²) in [5.41, 5.74) is 8.75. The van der Waals surface area contributed by atoms with Crippen LogP contribution >= 0.6 is 12.6 Å². The van der Waals surface area contributed by atoms with Gasteiger partial charge >= 0.3 is 0 Å². The molecule has 1 amide bonds. The Balaban J connectivity index is 1.26. The zero-order chi connectivity index (χ0) is 24.9. The zero-order valence-electron chi connectivity index (χ0n) is 20.4. The first-order chi connectivity index (χ1) is 17.5. The zero-order valence-corrected chi connectivity index (χ0v) is 21.3. The fourth-order valence-corrected chi connectivity index (χ4v) is 7.14. The third-order valence-electron chi connectivity index (χ3n) is 8.51. The van der Waals surface area contributed by atoms with Crippen LogP contribution in [-0.2, 0) is 11.2 Å². The molecule has 5 nitrogen and oxygen atoms in total. The van der Waals surface area contributed by atoms with Gasteiger partial charge in [-0.25, -0.2) is 4.39 Å². The Morgan fingerprint density at radius 3 is 2.47 bits per heavy atom. The Hall–Kier alpha value is -2.61. The molecule has 0 aromatic heterocycles. The summed E-state index contributed by atoms with van der Waals surface area (Å²) in [5, 5.41) is 2.77. The maximum Gasteiger partial charge on any atom is 0.250 e. The number of nitrogens with zero attached hydrogens (tertiary/aromatic N) is 3. The van der Waals surface area contributed by atoms with Crippen molar-refractivity contribution in [3.63, 3.8) is 0 Å². The van der Waals surface area contributed by atoms with Crippen LogP contribution in [0.2, 0.25) is 0 Å². The molecule has 3 aromatic rings. The van der Waals surface area contributed by atoms with E-state index < -0.39 is 5.54 Å². The SMILES string of the molecule is NCCCN1CN(c2ccc(F)cc2)C2(CCN([C@H]3Cc4cccc5cccc(c45)C3S)CC2)C1=O. The number of benzene rings is 3. The maximum absolute atomic E-state index is 13.8. The fourth-order valence-electron chi connectivity index (χ4n) is 6.63. The van der Waals surface area contributed by atoms with E-state index in [0.717, 1.165) is 44.5 Å². The number of thiol groups is 1. The predicted octanol–water partition coefficient (Wildman–Crippen LogP) is 4.36. The number of carbonyl (C=O) groups is 1. The van der Waals surface area contributed by atoms with Crippen molar-refractivity contribution in [3.8, 4) is 0 Å². The molecule has 3 aliphatic rings. The molecule has 7 heteroatoms. The van der Waals surface area contributed by atoms with Crippen molar-refractivity contribution in [2.75, 3.05) is 37.7 Å². The number of carbonyl (C=O) groups excluding carboxylic acids is 1. The molecule has 2 atom stereocenters. The van der Waals surface area contributed by atoms with Crippen molar-refractivity contribution < 1.29 is 9.18 Å². The minimum Gasteiger partial charge on any atom is -0.339 e. The summed E-state index contributed by atoms with van der Waals surface area (Å²) in [6.45, 7) is 3.39. The average molecular weight is 505 g/mol. The van der Waals surface area contributed by atoms with E-state index in [-0.39, 0.29) is 23.0 Å². The van der Waals surface area contributed by atoms with Gasteiger partial charge in [-0.2, -0.15) is 12.6 Å². The van der Waals surface area contributed by atoms with Gasteiger partial charge in [0.25, 0.3) is 0 Å². The van der Waals surface area contributed by atoms with Crippen LogP contribution in [0.5, 0.6) is 0 Å². The summed E-state index contributed by atoms with van der Waals surface area (Å²) in [4.78, 5) is 20.5. The Morgan fingerprint density at radius 2 is 1.75 bits per heavy atom. The Morgan fingerprint density at radius 1 is 1.03 bits per heavy atom. The van der Waals surface area contributed by atoms with Gasteiger partial charge in [-0.05, 0) is 78.4 Å². The number of hydrogen-bond acceptors (Lipinski definition) is 5. The average Bonchev–Trinajstić information content (AvgIpc) is 3.16. The number of hydrogen-bond donors (Lipinski definition) is 2. The van der Waals surface area contributed by atoms with Crippen molar-refractivity contribution >= 4 is 35.0 Å². The van der Waals surface area contributed by atoms with Gasteiger partial charge in [0.05, 0.1) is 6.67 Å². The molecule has 1 spiro atoms. The molecule has 0 bridgehead atoms. The summed E-state index contributed by atoms with van der Waals surface area (Å²) in [5.74, 6) is -0.0818. The van der Waals surface area contributed by atoms with Crippen LogP contribution < -0.4 is 10.6 Å². The number of amides is 1. The van der Waals surface area contributed by atoms with E-state index in [1.165, 1.54) is 34.0 Å². The van der Waals surface area contributed by atoms with E-state index >= 15 is 0 Å². The Bertz CT molecular complexity index is 1270. The third-order valence-corrected chi connectivity index (χ3v) is 9.14. The van der Waals surface area contributed by atoms with E-state index in [4.69, 9.17) is 18.4 Å². The van der Waals surface area contributed by atoms with Crippen LogP contribution in [0.1, 0.15) is 35.6 Å². The van der Waals surface area contributed by atoms with Crippen LogP contribution in [-0.4, -0.2) is 60.1 Å². The highest BCUT2D eigenvalue weighted by Gasteiger charge is 2.54. The van der Waals surface area contributed by atoms with Gasteiger partial charge in [-0.1, -0.05) is 36.4 Å². The molecule has 2 aliphatic heterocycles. The molecule has 6 rings (SSSR count). The van der Waals surface area contributed by atoms with Gasteiger partial charge in [-0.15, -0.1) is 0 Å². The summed E-state index contributed by atoms with van der Waals surface area (Å²) in [6, 6.07) is 20.0. The number of nitrogens with two attached hydrogens (primary N) is 1. The molecule has 0 saturated carbocycles. The summed E-state index contributed by atoms with van der Waals surface area (Å²) < 4.78 is 13.7. The van der Waals surface area contributed by atoms with Gasteiger partial charge in [-0.3, -0.25) is 9.69 Å². The number of halogens is 1. The van der Waals surface area contributed by atoms with Crippen molar-refractivity contribution in [2.45, 2.75) is 42.5 Å². The normalized spacial score (nSPS) is 23.7. The molecule has 1 unspecified atom stereocenters. The van der Waals surface area contributed by atoms with Gasteiger partial charge in [0.15, 0.2) is 0 Å². The monoisotopic (exact) mass is 504 g/mol. The summed E-state index contributed by atoms with van der Waals surface area (Å²) >= 11 is 5.13. The van der Waals surface area contributed by atoms with Crippen molar-refractivity contribution in [1.29, 1.82) is 0 Å². The van der Waals surface area contributed by atoms with Gasteiger partial charge < -0.3 is 15.5 Å². The lowest BCUT2D eigenvalue weighted by molar-refractivity contribution is -0.133. The van der Waals surface area contributed by atoms with Gasteiger partial charge in [0.2, 0.25) is 5.91 Å². The van der Waals surface area contributed by atoms with Crippen LogP contribution in [0.25, 0.3) is 10.8 Å². The van der Waals surface area contributed by atoms with Crippen molar-refractivity contribution in [2.24, 2.45) is 5.73 Å². The second-order valence-electron chi connectivity index (χ2n) is 10.4. The first-order valence-corrected chi connectivity index (χ1v) is 13.5. The van der Waals surface area contributed by atoms with E-state index in [9.17, 15) is 9.18 Å². The molecule has 2 N–H and O–H groups in total. The van der Waals surface area contributed by atoms with Crippen LogP contribution in [0.15, 0.2) is 60.7 Å². The minimum absolute atomic E-state index is 0.131. The Kier molecular flexibility index (Phi) is 6.18. The highest BCUT2D eigenvalue weighted by atomic mass is 32.1. The molecular formula is C29H33FN4OS. The number of rotatable bonds is 5. The molecule has 0 radical (unpaired) electrons. The van der Waals surface area contributed by atoms with E-state index in [2.05, 4.69) is 46.2 Å². The van der Waals surface area contributed by atoms with E-state index in [1.54, 1.807) is 12.1 Å². The highest BCUT2D eigenvalue weighted by Crippen LogP contribution is 2.44. The van der Waals surface area contributed by atoms with Crippen LogP contribution in [0.3, 0.4) is 0 Å². The molecular weight excluding hydrogens is 471 g/mol. The smallest absolute Gasteiger partial charge is 0.250 e. The molecule has 36 heavy (non-hydrogen) atoms. The molecule has 2 heterocycles. The fraction of sp³-hybridized carbons (Fsp3) is 0.414. The lowest BCUT2D eigenvalue weighted by Crippen LogP contribution is -2.58. The lowest BCUT2D eigenvalue weighted by atomic mass is 9.81. The summed E-state index contributed by atoms with van der Waals surface area (Å²) in [6.07, 6.45) is 3.23.